The molecule has 10 heteroatoms. The third-order valence-electron chi connectivity index (χ3n) is 5.32. The average Bonchev–Trinajstić information content (AvgIpc) is 3.28. The molecule has 1 unspecified atom stereocenters. The second kappa shape index (κ2) is 11.9. The van der Waals surface area contributed by atoms with Crippen LogP contribution in [-0.4, -0.2) is 104 Å². The van der Waals surface area contributed by atoms with E-state index in [1.54, 1.807) is 25.3 Å². The van der Waals surface area contributed by atoms with E-state index in [2.05, 4.69) is 20.1 Å². The first-order valence-corrected chi connectivity index (χ1v) is 10.4. The number of halogens is 1. The molecule has 0 aromatic carbocycles. The van der Waals surface area contributed by atoms with Crippen LogP contribution in [0.15, 0.2) is 27.8 Å². The van der Waals surface area contributed by atoms with Gasteiger partial charge in [-0.05, 0) is 26.0 Å². The fourth-order valence-corrected chi connectivity index (χ4v) is 3.54. The van der Waals surface area contributed by atoms with Crippen molar-refractivity contribution in [3.05, 3.63) is 24.2 Å². The summed E-state index contributed by atoms with van der Waals surface area (Å²) in [4.78, 5) is 23.3. The molecular weight excluding hydrogens is 501 g/mol. The summed E-state index contributed by atoms with van der Waals surface area (Å²) in [5, 5.41) is 14.0. The Morgan fingerprint density at radius 1 is 1.20 bits per heavy atom. The van der Waals surface area contributed by atoms with E-state index in [0.717, 1.165) is 38.7 Å². The molecule has 2 saturated heterocycles. The topological polar surface area (TPSA) is 93.8 Å². The van der Waals surface area contributed by atoms with Gasteiger partial charge in [0.25, 0.3) is 0 Å². The first kappa shape index (κ1) is 24.9. The van der Waals surface area contributed by atoms with Crippen LogP contribution in [0.25, 0.3) is 0 Å². The Morgan fingerprint density at radius 2 is 1.90 bits per heavy atom. The second-order valence-electron chi connectivity index (χ2n) is 7.68. The minimum Gasteiger partial charge on any atom is -0.466 e. The largest absolute Gasteiger partial charge is 0.466 e. The van der Waals surface area contributed by atoms with Gasteiger partial charge in [-0.2, -0.15) is 0 Å². The maximum absolute atomic E-state index is 12.5. The molecule has 3 heterocycles. The summed E-state index contributed by atoms with van der Waals surface area (Å²) in [5.41, 5.74) is -1.16. The number of ether oxygens (including phenoxy) is 1. The number of hydrogen-bond acceptors (Lipinski definition) is 6. The van der Waals surface area contributed by atoms with E-state index in [0.29, 0.717) is 38.6 Å². The van der Waals surface area contributed by atoms with E-state index >= 15 is 0 Å². The van der Waals surface area contributed by atoms with Crippen LogP contribution in [0.3, 0.4) is 0 Å². The Hall–Kier alpha value is -1.37. The van der Waals surface area contributed by atoms with Crippen LogP contribution in [0.1, 0.15) is 19.6 Å². The second-order valence-corrected chi connectivity index (χ2v) is 7.68. The zero-order valence-electron chi connectivity index (χ0n) is 17.9. The quantitative estimate of drug-likeness (QED) is 0.312. The molecule has 0 radical (unpaired) electrons. The van der Waals surface area contributed by atoms with Crippen LogP contribution in [0.5, 0.6) is 0 Å². The van der Waals surface area contributed by atoms with Crippen molar-refractivity contribution in [1.82, 2.24) is 20.0 Å². The number of amides is 1. The van der Waals surface area contributed by atoms with Gasteiger partial charge in [0.05, 0.1) is 32.6 Å². The fourth-order valence-electron chi connectivity index (χ4n) is 3.54. The number of aliphatic hydroxyl groups is 1. The normalized spacial score (nSPS) is 20.4. The summed E-state index contributed by atoms with van der Waals surface area (Å²) in [6.07, 6.45) is 1.55. The van der Waals surface area contributed by atoms with Crippen molar-refractivity contribution in [3.8, 4) is 0 Å². The number of nitrogens with zero attached hydrogens (tertiary/aromatic N) is 4. The number of morpholine rings is 1. The van der Waals surface area contributed by atoms with E-state index in [4.69, 9.17) is 9.15 Å². The van der Waals surface area contributed by atoms with Crippen molar-refractivity contribution in [2.75, 3.05) is 72.1 Å². The Bertz CT molecular complexity index is 669. The SMILES string of the molecule is CCNC(=NCC(C)(O)c1ccco1)N1CCN(CC(=O)N2CCOCC2)CC1.I. The van der Waals surface area contributed by atoms with Crippen LogP contribution < -0.4 is 5.32 Å². The van der Waals surface area contributed by atoms with Gasteiger partial charge in [0.1, 0.15) is 11.4 Å². The summed E-state index contributed by atoms with van der Waals surface area (Å²) in [6.45, 7) is 10.9. The van der Waals surface area contributed by atoms with Crippen molar-refractivity contribution in [1.29, 1.82) is 0 Å². The lowest BCUT2D eigenvalue weighted by Crippen LogP contribution is -2.55. The molecule has 1 amide bonds. The zero-order valence-corrected chi connectivity index (χ0v) is 20.2. The molecule has 2 N–H and O–H groups in total. The van der Waals surface area contributed by atoms with Crippen molar-refractivity contribution < 1.29 is 19.1 Å². The summed E-state index contributed by atoms with van der Waals surface area (Å²) < 4.78 is 10.6. The highest BCUT2D eigenvalue weighted by atomic mass is 127. The van der Waals surface area contributed by atoms with E-state index < -0.39 is 5.60 Å². The number of carbonyl (C=O) groups excluding carboxylic acids is 1. The molecule has 170 valence electrons. The Morgan fingerprint density at radius 3 is 2.50 bits per heavy atom. The monoisotopic (exact) mass is 535 g/mol. The lowest BCUT2D eigenvalue weighted by molar-refractivity contribution is -0.136. The maximum Gasteiger partial charge on any atom is 0.236 e. The molecule has 0 spiro atoms. The third kappa shape index (κ3) is 6.82. The van der Waals surface area contributed by atoms with Crippen LogP contribution in [0.4, 0.5) is 0 Å². The molecule has 9 nitrogen and oxygen atoms in total. The maximum atomic E-state index is 12.5. The van der Waals surface area contributed by atoms with Crippen molar-refractivity contribution >= 4 is 35.8 Å². The first-order valence-electron chi connectivity index (χ1n) is 10.4. The van der Waals surface area contributed by atoms with Gasteiger partial charge in [0.2, 0.25) is 5.91 Å². The van der Waals surface area contributed by atoms with Gasteiger partial charge < -0.3 is 29.4 Å². The average molecular weight is 535 g/mol. The van der Waals surface area contributed by atoms with Crippen LogP contribution in [0, 0.1) is 0 Å². The van der Waals surface area contributed by atoms with E-state index in [1.807, 2.05) is 11.8 Å². The molecule has 3 rings (SSSR count). The molecule has 2 fully saturated rings. The van der Waals surface area contributed by atoms with Crippen molar-refractivity contribution in [3.63, 3.8) is 0 Å². The summed E-state index contributed by atoms with van der Waals surface area (Å²) >= 11 is 0. The minimum absolute atomic E-state index is 0. The molecule has 2 aliphatic heterocycles. The number of carbonyl (C=O) groups is 1. The number of guanidine groups is 1. The third-order valence-corrected chi connectivity index (χ3v) is 5.32. The smallest absolute Gasteiger partial charge is 0.236 e. The van der Waals surface area contributed by atoms with Crippen molar-refractivity contribution in [2.45, 2.75) is 19.4 Å². The van der Waals surface area contributed by atoms with Crippen LogP contribution >= 0.6 is 24.0 Å². The lowest BCUT2D eigenvalue weighted by Gasteiger charge is -2.37. The van der Waals surface area contributed by atoms with Gasteiger partial charge in [-0.25, -0.2) is 4.99 Å². The van der Waals surface area contributed by atoms with E-state index in [1.165, 1.54) is 0 Å². The molecule has 0 bridgehead atoms. The van der Waals surface area contributed by atoms with Gasteiger partial charge in [0, 0.05) is 45.8 Å². The summed E-state index contributed by atoms with van der Waals surface area (Å²) in [6, 6.07) is 3.52. The van der Waals surface area contributed by atoms with Crippen LogP contribution in [-0.2, 0) is 15.1 Å². The Balaban J connectivity index is 0.00000320. The number of rotatable bonds is 6. The first-order chi connectivity index (χ1) is 14.0. The van der Waals surface area contributed by atoms with Gasteiger partial charge >= 0.3 is 0 Å². The summed E-state index contributed by atoms with van der Waals surface area (Å²) in [7, 11) is 0. The fraction of sp³-hybridized carbons (Fsp3) is 0.700. The van der Waals surface area contributed by atoms with Gasteiger partial charge in [-0.3, -0.25) is 9.69 Å². The van der Waals surface area contributed by atoms with E-state index in [9.17, 15) is 9.90 Å². The van der Waals surface area contributed by atoms with E-state index in [-0.39, 0.29) is 36.4 Å². The Kier molecular flexibility index (Phi) is 9.85. The van der Waals surface area contributed by atoms with Gasteiger partial charge in [-0.15, -0.1) is 24.0 Å². The molecule has 30 heavy (non-hydrogen) atoms. The highest BCUT2D eigenvalue weighted by Gasteiger charge is 2.28. The molecular formula is C20H34IN5O4. The predicted molar refractivity (Wildman–Crippen MR) is 125 cm³/mol. The lowest BCUT2D eigenvalue weighted by atomic mass is 10.0. The number of piperazine rings is 1. The van der Waals surface area contributed by atoms with Gasteiger partial charge in [0.15, 0.2) is 5.96 Å². The standard InChI is InChI=1S/C20H33N5O4.HI/c1-3-21-19(22-16-20(2,27)17-5-4-12-29-17)25-8-6-23(7-9-25)15-18(26)24-10-13-28-14-11-24;/h4-5,12,27H,3,6-11,13-16H2,1-2H3,(H,21,22);1H. The molecule has 0 saturated carbocycles. The van der Waals surface area contributed by atoms with Crippen molar-refractivity contribution in [2.24, 2.45) is 4.99 Å². The predicted octanol–water partition coefficient (Wildman–Crippen LogP) is 0.547. The molecule has 1 aromatic heterocycles. The summed E-state index contributed by atoms with van der Waals surface area (Å²) in [5.74, 6) is 1.46. The molecule has 0 aliphatic carbocycles. The number of aliphatic imine (C=N–C) groups is 1. The highest BCUT2D eigenvalue weighted by molar-refractivity contribution is 14.0. The number of nitrogens with one attached hydrogen (secondary N) is 1. The minimum atomic E-state index is -1.16. The number of hydrogen-bond donors (Lipinski definition) is 2. The highest BCUT2D eigenvalue weighted by Crippen LogP contribution is 2.21. The molecule has 1 atom stereocenters. The number of furan rings is 1. The molecule has 2 aliphatic rings. The van der Waals surface area contributed by atoms with Gasteiger partial charge in [-0.1, -0.05) is 0 Å². The molecule has 1 aromatic rings. The Labute approximate surface area is 195 Å². The zero-order chi connectivity index (χ0) is 20.7. The van der Waals surface area contributed by atoms with Crippen LogP contribution in [0.2, 0.25) is 0 Å².